The van der Waals surface area contributed by atoms with Crippen LogP contribution in [0, 0.1) is 0 Å². The average Bonchev–Trinajstić information content (AvgIpc) is 3.24. The summed E-state index contributed by atoms with van der Waals surface area (Å²) in [6.45, 7) is 3.35. The van der Waals surface area contributed by atoms with Crippen LogP contribution in [0.1, 0.15) is 30.1 Å². The number of carbonyl (C=O) groups is 1. The van der Waals surface area contributed by atoms with Crippen molar-refractivity contribution in [1.29, 1.82) is 0 Å². The van der Waals surface area contributed by atoms with Crippen LogP contribution in [-0.2, 0) is 19.9 Å². The molecule has 0 fully saturated rings. The number of sulfonamides is 1. The smallest absolute Gasteiger partial charge is 0.260 e. The Morgan fingerprint density at radius 3 is 2.11 bits per heavy atom. The summed E-state index contributed by atoms with van der Waals surface area (Å²) in [5, 5.41) is 0.443. The van der Waals surface area contributed by atoms with Gasteiger partial charge in [0, 0.05) is 38.5 Å². The third kappa shape index (κ3) is 7.49. The Morgan fingerprint density at radius 1 is 0.919 bits per heavy atom. The van der Waals surface area contributed by atoms with Crippen molar-refractivity contribution in [2.45, 2.75) is 29.6 Å². The number of aromatic nitrogens is 1. The standard InChI is InChI=1S/C24H32N4O5S3.ClH/c1-6-7-14-27(4)36(32,33)19-10-8-18(9-11-19)23(29)28(16-15-26(2)3)24-25-21-13-12-20(35(5,30)31)17-22(21)34-24;/h8-13,17H,6-7,14-16H2,1-5H3;1H. The molecular weight excluding hydrogens is 556 g/mol. The van der Waals surface area contributed by atoms with Crippen molar-refractivity contribution in [1.82, 2.24) is 14.2 Å². The molecule has 3 aromatic rings. The van der Waals surface area contributed by atoms with Gasteiger partial charge in [-0.2, -0.15) is 0 Å². The molecule has 0 aliphatic carbocycles. The predicted octanol–water partition coefficient (Wildman–Crippen LogP) is 3.75. The molecule has 0 radical (unpaired) electrons. The molecule has 1 amide bonds. The fraction of sp³-hybridized carbons (Fsp3) is 0.417. The van der Waals surface area contributed by atoms with Crippen molar-refractivity contribution in [3.05, 3.63) is 48.0 Å². The summed E-state index contributed by atoms with van der Waals surface area (Å²) in [4.78, 5) is 21.9. The van der Waals surface area contributed by atoms with Gasteiger partial charge in [0.15, 0.2) is 15.0 Å². The van der Waals surface area contributed by atoms with Gasteiger partial charge in [-0.25, -0.2) is 26.1 Å². The number of halogens is 1. The maximum absolute atomic E-state index is 13.5. The van der Waals surface area contributed by atoms with E-state index in [1.165, 1.54) is 46.0 Å². The van der Waals surface area contributed by atoms with Crippen LogP contribution >= 0.6 is 23.7 Å². The average molecular weight is 589 g/mol. The predicted molar refractivity (Wildman–Crippen MR) is 151 cm³/mol. The highest BCUT2D eigenvalue weighted by Gasteiger charge is 2.24. The number of amides is 1. The topological polar surface area (TPSA) is 108 Å². The summed E-state index contributed by atoms with van der Waals surface area (Å²) >= 11 is 1.24. The number of rotatable bonds is 11. The van der Waals surface area contributed by atoms with Crippen molar-refractivity contribution < 1.29 is 21.6 Å². The first-order valence-electron chi connectivity index (χ1n) is 11.5. The number of fused-ring (bicyclic) bond motifs is 1. The number of thiazole rings is 1. The second-order valence-corrected chi connectivity index (χ2v) is 13.9. The highest BCUT2D eigenvalue weighted by molar-refractivity contribution is 7.90. The van der Waals surface area contributed by atoms with Gasteiger partial charge >= 0.3 is 0 Å². The van der Waals surface area contributed by atoms with Gasteiger partial charge in [0.25, 0.3) is 5.91 Å². The molecule has 0 N–H and O–H groups in total. The quantitative estimate of drug-likeness (QED) is 0.336. The first-order chi connectivity index (χ1) is 16.8. The maximum atomic E-state index is 13.5. The van der Waals surface area contributed by atoms with E-state index in [1.54, 1.807) is 24.1 Å². The van der Waals surface area contributed by atoms with Crippen molar-refractivity contribution in [2.75, 3.05) is 51.9 Å². The lowest BCUT2D eigenvalue weighted by atomic mass is 10.2. The van der Waals surface area contributed by atoms with Crippen molar-refractivity contribution >= 4 is 64.9 Å². The molecule has 0 saturated carbocycles. The van der Waals surface area contributed by atoms with E-state index >= 15 is 0 Å². The first kappa shape index (κ1) is 31.1. The molecule has 2 aromatic carbocycles. The van der Waals surface area contributed by atoms with E-state index < -0.39 is 19.9 Å². The molecule has 0 aliphatic rings. The summed E-state index contributed by atoms with van der Waals surface area (Å²) < 4.78 is 51.5. The fourth-order valence-electron chi connectivity index (χ4n) is 3.43. The van der Waals surface area contributed by atoms with Crippen LogP contribution in [0.15, 0.2) is 52.3 Å². The van der Waals surface area contributed by atoms with E-state index in [0.29, 0.717) is 40.5 Å². The molecule has 0 saturated heterocycles. The van der Waals surface area contributed by atoms with E-state index in [2.05, 4.69) is 4.98 Å². The van der Waals surface area contributed by atoms with Crippen molar-refractivity contribution in [3.8, 4) is 0 Å². The zero-order valence-corrected chi connectivity index (χ0v) is 24.8. The van der Waals surface area contributed by atoms with Crippen LogP contribution in [0.2, 0.25) is 0 Å². The van der Waals surface area contributed by atoms with Crippen LogP contribution in [0.3, 0.4) is 0 Å². The zero-order chi connectivity index (χ0) is 26.7. The molecule has 0 aliphatic heterocycles. The van der Waals surface area contributed by atoms with Gasteiger partial charge < -0.3 is 4.90 Å². The number of benzene rings is 2. The highest BCUT2D eigenvalue weighted by Crippen LogP contribution is 2.31. The van der Waals surface area contributed by atoms with E-state index in [-0.39, 0.29) is 28.1 Å². The Labute approximate surface area is 229 Å². The minimum atomic E-state index is -3.64. The number of anilines is 1. The fourth-order valence-corrected chi connectivity index (χ4v) is 6.39. The lowest BCUT2D eigenvalue weighted by Gasteiger charge is -2.22. The van der Waals surface area contributed by atoms with Crippen LogP contribution in [0.4, 0.5) is 5.13 Å². The SMILES string of the molecule is CCCCN(C)S(=O)(=O)c1ccc(C(=O)N(CCN(C)C)c2nc3ccc(S(C)(=O)=O)cc3s2)cc1.Cl. The third-order valence-corrected chi connectivity index (χ3v) is 9.68. The normalized spacial score (nSPS) is 12.2. The molecule has 0 unspecified atom stereocenters. The van der Waals surface area contributed by atoms with Crippen LogP contribution in [0.25, 0.3) is 10.2 Å². The largest absolute Gasteiger partial charge is 0.308 e. The number of nitrogens with zero attached hydrogens (tertiary/aromatic N) is 4. The van der Waals surface area contributed by atoms with Gasteiger partial charge in [0.2, 0.25) is 10.0 Å². The molecule has 3 rings (SSSR count). The van der Waals surface area contributed by atoms with Crippen LogP contribution in [0.5, 0.6) is 0 Å². The number of unbranched alkanes of at least 4 members (excludes halogenated alkanes) is 1. The second-order valence-electron chi connectivity index (χ2n) is 8.86. The molecule has 0 atom stereocenters. The zero-order valence-electron chi connectivity index (χ0n) is 21.5. The van der Waals surface area contributed by atoms with E-state index in [4.69, 9.17) is 0 Å². The van der Waals surface area contributed by atoms with Crippen molar-refractivity contribution in [2.24, 2.45) is 0 Å². The molecule has 13 heteroatoms. The molecule has 204 valence electrons. The monoisotopic (exact) mass is 588 g/mol. The van der Waals surface area contributed by atoms with Gasteiger partial charge in [0.05, 0.1) is 20.0 Å². The molecular formula is C24H33ClN4O5S3. The molecule has 1 heterocycles. The molecule has 37 heavy (non-hydrogen) atoms. The number of likely N-dealkylation sites (N-methyl/N-ethyl adjacent to an activating group) is 1. The Bertz CT molecular complexity index is 1440. The molecule has 1 aromatic heterocycles. The first-order valence-corrected chi connectivity index (χ1v) is 15.6. The Hall–Kier alpha value is -2.09. The molecule has 0 bridgehead atoms. The van der Waals surface area contributed by atoms with Gasteiger partial charge in [-0.3, -0.25) is 9.69 Å². The maximum Gasteiger partial charge on any atom is 0.260 e. The number of sulfone groups is 1. The lowest BCUT2D eigenvalue weighted by molar-refractivity contribution is 0.0985. The number of carbonyl (C=O) groups excluding carboxylic acids is 1. The van der Waals surface area contributed by atoms with Gasteiger partial charge in [-0.1, -0.05) is 24.7 Å². The van der Waals surface area contributed by atoms with Crippen molar-refractivity contribution in [3.63, 3.8) is 0 Å². The Morgan fingerprint density at radius 2 is 1.54 bits per heavy atom. The minimum Gasteiger partial charge on any atom is -0.308 e. The number of hydrogen-bond acceptors (Lipinski definition) is 8. The van der Waals surface area contributed by atoms with Gasteiger partial charge in [-0.15, -0.1) is 12.4 Å². The van der Waals surface area contributed by atoms with Gasteiger partial charge in [0.1, 0.15) is 0 Å². The highest BCUT2D eigenvalue weighted by atomic mass is 35.5. The van der Waals surface area contributed by atoms with Gasteiger partial charge in [-0.05, 0) is 63.0 Å². The van der Waals surface area contributed by atoms with Crippen LogP contribution in [-0.4, -0.2) is 84.0 Å². The molecule has 0 spiro atoms. The van der Waals surface area contributed by atoms with E-state index in [9.17, 15) is 21.6 Å². The van der Waals surface area contributed by atoms with Crippen LogP contribution < -0.4 is 4.90 Å². The third-order valence-electron chi connectivity index (χ3n) is 5.66. The lowest BCUT2D eigenvalue weighted by Crippen LogP contribution is -2.36. The summed E-state index contributed by atoms with van der Waals surface area (Å²) in [5.74, 6) is -0.317. The van der Waals surface area contributed by atoms with E-state index in [0.717, 1.165) is 19.1 Å². The number of hydrogen-bond donors (Lipinski definition) is 0. The second kappa shape index (κ2) is 12.6. The molecule has 9 nitrogen and oxygen atoms in total. The minimum absolute atomic E-state index is 0. The summed E-state index contributed by atoms with van der Waals surface area (Å²) in [5.41, 5.74) is 0.932. The Kier molecular flexibility index (Phi) is 10.6. The summed E-state index contributed by atoms with van der Waals surface area (Å²) in [7, 11) is -1.67. The summed E-state index contributed by atoms with van der Waals surface area (Å²) in [6.07, 6.45) is 2.80. The summed E-state index contributed by atoms with van der Waals surface area (Å²) in [6, 6.07) is 10.6. The van der Waals surface area contributed by atoms with E-state index in [1.807, 2.05) is 25.9 Å². The Balaban J connectivity index is 0.00000481.